The number of anilines is 1. The molecular formula is C28H36N6O2. The van der Waals surface area contributed by atoms with Gasteiger partial charge >= 0.3 is 0 Å². The monoisotopic (exact) mass is 488 g/mol. The fourth-order valence-electron chi connectivity index (χ4n) is 5.23. The van der Waals surface area contributed by atoms with E-state index in [0.717, 1.165) is 47.9 Å². The zero-order valence-corrected chi connectivity index (χ0v) is 21.8. The van der Waals surface area contributed by atoms with Crippen molar-refractivity contribution in [2.45, 2.75) is 72.9 Å². The number of amides is 2. The molecule has 190 valence electrons. The van der Waals surface area contributed by atoms with E-state index in [1.807, 2.05) is 43.0 Å². The Balaban J connectivity index is 1.53. The second-order valence-corrected chi connectivity index (χ2v) is 11.1. The van der Waals surface area contributed by atoms with Crippen LogP contribution in [0.2, 0.25) is 0 Å². The van der Waals surface area contributed by atoms with Crippen LogP contribution < -0.4 is 5.32 Å². The third-order valence-corrected chi connectivity index (χ3v) is 7.23. The molecule has 0 atom stereocenters. The molecule has 2 aromatic carbocycles. The number of aryl methyl sites for hydroxylation is 2. The Hall–Kier alpha value is -3.55. The normalized spacial score (nSPS) is 18.0. The van der Waals surface area contributed by atoms with Crippen molar-refractivity contribution in [2.75, 3.05) is 5.32 Å². The molecule has 0 spiro atoms. The van der Waals surface area contributed by atoms with Gasteiger partial charge in [0.2, 0.25) is 0 Å². The molecule has 36 heavy (non-hydrogen) atoms. The lowest BCUT2D eigenvalue weighted by Crippen LogP contribution is -2.43. The molecule has 1 fully saturated rings. The second kappa shape index (κ2) is 10.6. The molecule has 2 N–H and O–H groups in total. The molecule has 8 heteroatoms. The molecule has 0 bridgehead atoms. The lowest BCUT2D eigenvalue weighted by molar-refractivity contribution is 0.0530. The molecule has 0 saturated heterocycles. The van der Waals surface area contributed by atoms with Crippen LogP contribution in [0.1, 0.15) is 83.9 Å². The summed E-state index contributed by atoms with van der Waals surface area (Å²) in [6, 6.07) is 13.6. The number of benzene rings is 2. The molecule has 1 saturated carbocycles. The number of rotatable bonds is 6. The molecule has 4 rings (SSSR count). The van der Waals surface area contributed by atoms with Crippen LogP contribution in [-0.4, -0.2) is 43.4 Å². The van der Waals surface area contributed by atoms with Gasteiger partial charge in [-0.05, 0) is 85.9 Å². The lowest BCUT2D eigenvalue weighted by Gasteiger charge is -2.41. The van der Waals surface area contributed by atoms with Gasteiger partial charge in [0.15, 0.2) is 0 Å². The molecule has 0 unspecified atom stereocenters. The summed E-state index contributed by atoms with van der Waals surface area (Å²) in [5, 5.41) is 15.8. The summed E-state index contributed by atoms with van der Waals surface area (Å²) in [4.78, 5) is 28.3. The SMILES string of the molecule is Cc1cc(C)cc(C(=O)N(Cc2ccc(C(=O)Nc3nn[nH]n3)cc2)C2CCC(C(C)(C)C)CC2)c1. The van der Waals surface area contributed by atoms with E-state index in [2.05, 4.69) is 52.8 Å². The smallest absolute Gasteiger partial charge is 0.270 e. The van der Waals surface area contributed by atoms with Crippen LogP contribution in [0, 0.1) is 25.2 Å². The third-order valence-electron chi connectivity index (χ3n) is 7.23. The lowest BCUT2D eigenvalue weighted by atomic mass is 9.71. The highest BCUT2D eigenvalue weighted by atomic mass is 16.2. The van der Waals surface area contributed by atoms with Crippen LogP contribution in [-0.2, 0) is 6.54 Å². The van der Waals surface area contributed by atoms with Gasteiger partial charge < -0.3 is 4.90 Å². The van der Waals surface area contributed by atoms with Gasteiger partial charge in [-0.25, -0.2) is 0 Å². The zero-order valence-electron chi connectivity index (χ0n) is 21.8. The van der Waals surface area contributed by atoms with E-state index in [4.69, 9.17) is 0 Å². The van der Waals surface area contributed by atoms with Gasteiger partial charge in [-0.1, -0.05) is 55.2 Å². The van der Waals surface area contributed by atoms with E-state index < -0.39 is 0 Å². The summed E-state index contributed by atoms with van der Waals surface area (Å²) >= 11 is 0. The average Bonchev–Trinajstić information content (AvgIpc) is 3.34. The summed E-state index contributed by atoms with van der Waals surface area (Å²) in [5.41, 5.74) is 4.67. The Labute approximate surface area is 212 Å². The Morgan fingerprint density at radius 3 is 2.17 bits per heavy atom. The topological polar surface area (TPSA) is 104 Å². The number of carbonyl (C=O) groups is 2. The second-order valence-electron chi connectivity index (χ2n) is 11.1. The summed E-state index contributed by atoms with van der Waals surface area (Å²) in [6.45, 7) is 11.5. The highest BCUT2D eigenvalue weighted by molar-refractivity contribution is 6.03. The summed E-state index contributed by atoms with van der Waals surface area (Å²) in [7, 11) is 0. The summed E-state index contributed by atoms with van der Waals surface area (Å²) in [5.74, 6) is 0.552. The first-order valence-corrected chi connectivity index (χ1v) is 12.6. The summed E-state index contributed by atoms with van der Waals surface area (Å²) in [6.07, 6.45) is 4.26. The molecule has 1 heterocycles. The fraction of sp³-hybridized carbons (Fsp3) is 0.464. The maximum absolute atomic E-state index is 13.8. The van der Waals surface area contributed by atoms with Gasteiger partial charge in [0.25, 0.3) is 17.8 Å². The van der Waals surface area contributed by atoms with Crippen LogP contribution in [0.4, 0.5) is 5.95 Å². The highest BCUT2D eigenvalue weighted by Crippen LogP contribution is 2.39. The fourth-order valence-corrected chi connectivity index (χ4v) is 5.23. The zero-order chi connectivity index (χ0) is 25.9. The van der Waals surface area contributed by atoms with Gasteiger partial charge in [0.05, 0.1) is 0 Å². The van der Waals surface area contributed by atoms with Crippen LogP contribution in [0.15, 0.2) is 42.5 Å². The van der Waals surface area contributed by atoms with Crippen LogP contribution in [0.25, 0.3) is 0 Å². The average molecular weight is 489 g/mol. The molecule has 8 nitrogen and oxygen atoms in total. The number of H-pyrrole nitrogens is 1. The third kappa shape index (κ3) is 6.17. The van der Waals surface area contributed by atoms with E-state index in [1.165, 1.54) is 0 Å². The number of aromatic nitrogens is 4. The Morgan fingerprint density at radius 2 is 1.61 bits per heavy atom. The molecule has 3 aromatic rings. The van der Waals surface area contributed by atoms with Crippen LogP contribution in [0.5, 0.6) is 0 Å². The number of tetrazole rings is 1. The summed E-state index contributed by atoms with van der Waals surface area (Å²) < 4.78 is 0. The van der Waals surface area contributed by atoms with Crippen molar-refractivity contribution in [3.05, 3.63) is 70.3 Å². The minimum atomic E-state index is -0.313. The van der Waals surface area contributed by atoms with Crippen LogP contribution in [0.3, 0.4) is 0 Å². The van der Waals surface area contributed by atoms with Gasteiger partial charge in [0, 0.05) is 23.7 Å². The van der Waals surface area contributed by atoms with Crippen molar-refractivity contribution >= 4 is 17.8 Å². The molecule has 1 aliphatic carbocycles. The molecule has 0 aliphatic heterocycles. The minimum absolute atomic E-state index is 0.0694. The molecular weight excluding hydrogens is 452 g/mol. The predicted molar refractivity (Wildman–Crippen MR) is 140 cm³/mol. The van der Waals surface area contributed by atoms with Crippen molar-refractivity contribution in [3.8, 4) is 0 Å². The van der Waals surface area contributed by atoms with Crippen molar-refractivity contribution < 1.29 is 9.59 Å². The van der Waals surface area contributed by atoms with Gasteiger partial charge in [-0.15, -0.1) is 5.10 Å². The number of nitrogens with zero attached hydrogens (tertiary/aromatic N) is 4. The number of carbonyl (C=O) groups excluding carboxylic acids is 2. The van der Waals surface area contributed by atoms with Gasteiger partial charge in [0.1, 0.15) is 0 Å². The van der Waals surface area contributed by atoms with E-state index in [0.29, 0.717) is 18.0 Å². The molecule has 1 aliphatic rings. The Bertz CT molecular complexity index is 1170. The van der Waals surface area contributed by atoms with E-state index in [-0.39, 0.29) is 29.2 Å². The quantitative estimate of drug-likeness (QED) is 0.489. The van der Waals surface area contributed by atoms with Crippen molar-refractivity contribution in [3.63, 3.8) is 0 Å². The first-order valence-electron chi connectivity index (χ1n) is 12.6. The number of hydrogen-bond donors (Lipinski definition) is 2. The van der Waals surface area contributed by atoms with Crippen molar-refractivity contribution in [1.82, 2.24) is 25.5 Å². The first kappa shape index (κ1) is 25.5. The van der Waals surface area contributed by atoms with E-state index >= 15 is 0 Å². The first-order chi connectivity index (χ1) is 17.1. The van der Waals surface area contributed by atoms with E-state index in [9.17, 15) is 9.59 Å². The van der Waals surface area contributed by atoms with Gasteiger partial charge in [-0.3, -0.25) is 14.9 Å². The van der Waals surface area contributed by atoms with Crippen LogP contribution >= 0.6 is 0 Å². The number of hydrogen-bond acceptors (Lipinski definition) is 5. The highest BCUT2D eigenvalue weighted by Gasteiger charge is 2.34. The predicted octanol–water partition coefficient (Wildman–Crippen LogP) is 5.32. The number of nitrogens with one attached hydrogen (secondary N) is 2. The maximum Gasteiger partial charge on any atom is 0.270 e. The molecule has 2 amide bonds. The molecule has 0 radical (unpaired) electrons. The maximum atomic E-state index is 13.8. The molecule has 1 aromatic heterocycles. The number of aromatic amines is 1. The Kier molecular flexibility index (Phi) is 7.52. The van der Waals surface area contributed by atoms with Gasteiger partial charge in [-0.2, -0.15) is 5.21 Å². The Morgan fingerprint density at radius 1 is 0.972 bits per heavy atom. The van der Waals surface area contributed by atoms with E-state index in [1.54, 1.807) is 12.1 Å². The largest absolute Gasteiger partial charge is 0.331 e. The minimum Gasteiger partial charge on any atom is -0.331 e. The standard InChI is InChI=1S/C28H36N6O2/c1-18-14-19(2)16-22(15-18)26(36)34(24-12-10-23(11-13-24)28(3,4)5)17-20-6-8-21(9-7-20)25(35)29-27-30-32-33-31-27/h6-9,14-16,23-24H,10-13,17H2,1-5H3,(H2,29,30,31,32,33,35). The van der Waals surface area contributed by atoms with Crippen molar-refractivity contribution in [1.29, 1.82) is 0 Å². The van der Waals surface area contributed by atoms with Crippen molar-refractivity contribution in [2.24, 2.45) is 11.3 Å².